The molecule has 0 aliphatic carbocycles. The maximum Gasteiger partial charge on any atom is 0.322 e. The third kappa shape index (κ3) is 6.11. The van der Waals surface area contributed by atoms with Crippen molar-refractivity contribution < 1.29 is 14.3 Å². The average molecular weight is 376 g/mol. The molecule has 1 aromatic carbocycles. The molecule has 1 N–H and O–H groups in total. The van der Waals surface area contributed by atoms with E-state index in [2.05, 4.69) is 24.1 Å². The number of hydrogen-bond acceptors (Lipinski definition) is 4. The molecule has 150 valence electrons. The highest BCUT2D eigenvalue weighted by Gasteiger charge is 2.22. The van der Waals surface area contributed by atoms with Crippen LogP contribution in [0.1, 0.15) is 33.1 Å². The van der Waals surface area contributed by atoms with Gasteiger partial charge >= 0.3 is 6.03 Å². The number of ether oxygens (including phenoxy) is 2. The van der Waals surface area contributed by atoms with E-state index < -0.39 is 0 Å². The van der Waals surface area contributed by atoms with Crippen molar-refractivity contribution in [3.8, 4) is 5.75 Å². The molecular formula is C21H33N3O3. The second kappa shape index (κ2) is 9.95. The molecule has 0 spiro atoms. The maximum atomic E-state index is 12.7. The lowest BCUT2D eigenvalue weighted by atomic mass is 10.1. The van der Waals surface area contributed by atoms with Gasteiger partial charge in [0.1, 0.15) is 12.4 Å². The normalized spacial score (nSPS) is 21.3. The van der Waals surface area contributed by atoms with Gasteiger partial charge in [-0.15, -0.1) is 0 Å². The summed E-state index contributed by atoms with van der Waals surface area (Å²) in [5.41, 5.74) is 0.725. The zero-order valence-corrected chi connectivity index (χ0v) is 16.7. The number of nitrogens with one attached hydrogen (secondary N) is 1. The summed E-state index contributed by atoms with van der Waals surface area (Å²) in [6.45, 7) is 10.3. The van der Waals surface area contributed by atoms with Crippen molar-refractivity contribution in [1.29, 1.82) is 0 Å². The number of carbonyl (C=O) groups excluding carboxylic acids is 1. The molecule has 2 saturated heterocycles. The summed E-state index contributed by atoms with van der Waals surface area (Å²) in [6, 6.07) is 7.59. The van der Waals surface area contributed by atoms with E-state index in [4.69, 9.17) is 9.47 Å². The molecule has 0 saturated carbocycles. The fraction of sp³-hybridized carbons (Fsp3) is 0.667. The van der Waals surface area contributed by atoms with Crippen molar-refractivity contribution in [3.05, 3.63) is 24.3 Å². The number of hydrogen-bond donors (Lipinski definition) is 1. The van der Waals surface area contributed by atoms with Crippen molar-refractivity contribution in [2.75, 3.05) is 51.3 Å². The summed E-state index contributed by atoms with van der Waals surface area (Å²) in [5.74, 6) is 1.36. The first kappa shape index (κ1) is 20.0. The number of piperazine rings is 1. The quantitative estimate of drug-likeness (QED) is 0.828. The molecule has 3 rings (SSSR count). The topological polar surface area (TPSA) is 54.0 Å². The molecule has 6 nitrogen and oxygen atoms in total. The first-order valence-electron chi connectivity index (χ1n) is 10.2. The van der Waals surface area contributed by atoms with Crippen molar-refractivity contribution in [1.82, 2.24) is 9.80 Å². The van der Waals surface area contributed by atoms with E-state index in [1.165, 1.54) is 6.42 Å². The van der Waals surface area contributed by atoms with Crippen LogP contribution in [0.15, 0.2) is 24.3 Å². The number of para-hydroxylation sites is 2. The highest BCUT2D eigenvalue weighted by molar-refractivity contribution is 5.91. The Bertz CT molecular complexity index is 594. The molecule has 27 heavy (non-hydrogen) atoms. The molecular weight excluding hydrogens is 342 g/mol. The van der Waals surface area contributed by atoms with E-state index in [0.29, 0.717) is 18.3 Å². The number of carbonyl (C=O) groups is 1. The van der Waals surface area contributed by atoms with Crippen LogP contribution < -0.4 is 10.1 Å². The average Bonchev–Trinajstić information content (AvgIpc) is 2.68. The first-order chi connectivity index (χ1) is 13.1. The summed E-state index contributed by atoms with van der Waals surface area (Å²) in [5, 5.41) is 3.03. The van der Waals surface area contributed by atoms with Gasteiger partial charge in [0, 0.05) is 39.3 Å². The molecule has 1 atom stereocenters. The number of benzene rings is 1. The number of anilines is 1. The zero-order valence-electron chi connectivity index (χ0n) is 16.7. The summed E-state index contributed by atoms with van der Waals surface area (Å²) in [7, 11) is 0. The highest BCUT2D eigenvalue weighted by atomic mass is 16.5. The third-order valence-corrected chi connectivity index (χ3v) is 5.11. The van der Waals surface area contributed by atoms with Crippen LogP contribution in [0, 0.1) is 5.92 Å². The molecule has 0 radical (unpaired) electrons. The van der Waals surface area contributed by atoms with E-state index in [0.717, 1.165) is 57.9 Å². The summed E-state index contributed by atoms with van der Waals surface area (Å²) < 4.78 is 11.7. The van der Waals surface area contributed by atoms with Crippen LogP contribution in [-0.4, -0.2) is 67.9 Å². The van der Waals surface area contributed by atoms with Gasteiger partial charge < -0.3 is 19.7 Å². The predicted octanol–water partition coefficient (Wildman–Crippen LogP) is 3.44. The smallest absolute Gasteiger partial charge is 0.322 e. The van der Waals surface area contributed by atoms with E-state index in [1.54, 1.807) is 0 Å². The molecule has 2 aliphatic rings. The Morgan fingerprint density at radius 1 is 1.22 bits per heavy atom. The molecule has 2 aliphatic heterocycles. The van der Waals surface area contributed by atoms with Crippen LogP contribution >= 0.6 is 0 Å². The Labute approximate surface area is 162 Å². The van der Waals surface area contributed by atoms with Gasteiger partial charge in [-0.1, -0.05) is 26.0 Å². The van der Waals surface area contributed by atoms with Gasteiger partial charge in [0.05, 0.1) is 11.8 Å². The second-order valence-electron chi connectivity index (χ2n) is 7.91. The fourth-order valence-electron chi connectivity index (χ4n) is 3.66. The van der Waals surface area contributed by atoms with Gasteiger partial charge in [0.25, 0.3) is 0 Å². The van der Waals surface area contributed by atoms with Crippen LogP contribution in [0.5, 0.6) is 5.75 Å². The first-order valence-corrected chi connectivity index (χ1v) is 10.2. The number of rotatable bonds is 6. The summed E-state index contributed by atoms with van der Waals surface area (Å²) >= 11 is 0. The Kier molecular flexibility index (Phi) is 7.35. The maximum absolute atomic E-state index is 12.7. The van der Waals surface area contributed by atoms with Gasteiger partial charge in [-0.3, -0.25) is 4.90 Å². The van der Waals surface area contributed by atoms with E-state index >= 15 is 0 Å². The minimum atomic E-state index is -0.0517. The van der Waals surface area contributed by atoms with Crippen LogP contribution in [0.3, 0.4) is 0 Å². The van der Waals surface area contributed by atoms with Gasteiger partial charge in [0.2, 0.25) is 0 Å². The van der Waals surface area contributed by atoms with Gasteiger partial charge in [-0.25, -0.2) is 4.79 Å². The van der Waals surface area contributed by atoms with Crippen LogP contribution in [0.25, 0.3) is 0 Å². The number of amides is 2. The number of nitrogens with zero attached hydrogens (tertiary/aromatic N) is 2. The predicted molar refractivity (Wildman–Crippen MR) is 107 cm³/mol. The second-order valence-corrected chi connectivity index (χ2v) is 7.91. The van der Waals surface area contributed by atoms with E-state index in [9.17, 15) is 4.79 Å². The van der Waals surface area contributed by atoms with Crippen molar-refractivity contribution in [2.45, 2.75) is 39.2 Å². The van der Waals surface area contributed by atoms with Crippen molar-refractivity contribution in [2.24, 2.45) is 5.92 Å². The SMILES string of the molecule is CC(C)CN1CCN(C(=O)Nc2ccccc2OC[C@H]2CCCCO2)CC1. The monoisotopic (exact) mass is 375 g/mol. The lowest BCUT2D eigenvalue weighted by Gasteiger charge is -2.35. The Balaban J connectivity index is 1.50. The molecule has 0 aromatic heterocycles. The largest absolute Gasteiger partial charge is 0.489 e. The fourth-order valence-corrected chi connectivity index (χ4v) is 3.66. The highest BCUT2D eigenvalue weighted by Crippen LogP contribution is 2.25. The van der Waals surface area contributed by atoms with Crippen molar-refractivity contribution in [3.63, 3.8) is 0 Å². The summed E-state index contributed by atoms with van der Waals surface area (Å²) in [4.78, 5) is 17.0. The lowest BCUT2D eigenvalue weighted by molar-refractivity contribution is -0.0109. The van der Waals surface area contributed by atoms with Crippen LogP contribution in [-0.2, 0) is 4.74 Å². The van der Waals surface area contributed by atoms with E-state index in [1.807, 2.05) is 29.2 Å². The Hall–Kier alpha value is -1.79. The Morgan fingerprint density at radius 2 is 2.00 bits per heavy atom. The molecule has 1 aromatic rings. The molecule has 2 heterocycles. The standard InChI is InChI=1S/C21H33N3O3/c1-17(2)15-23-10-12-24(13-11-23)21(25)22-19-8-3-4-9-20(19)27-16-18-7-5-6-14-26-18/h3-4,8-9,17-18H,5-7,10-16H2,1-2H3,(H,22,25)/t18-/m1/s1. The Morgan fingerprint density at radius 3 is 2.70 bits per heavy atom. The van der Waals surface area contributed by atoms with Crippen LogP contribution in [0.4, 0.5) is 10.5 Å². The molecule has 2 fully saturated rings. The molecule has 6 heteroatoms. The third-order valence-electron chi connectivity index (χ3n) is 5.11. The van der Waals surface area contributed by atoms with Gasteiger partial charge in [-0.05, 0) is 37.3 Å². The van der Waals surface area contributed by atoms with Crippen LogP contribution in [0.2, 0.25) is 0 Å². The number of urea groups is 1. The zero-order chi connectivity index (χ0) is 19.1. The molecule has 0 unspecified atom stereocenters. The molecule has 2 amide bonds. The lowest BCUT2D eigenvalue weighted by Crippen LogP contribution is -2.50. The minimum absolute atomic E-state index is 0.0517. The minimum Gasteiger partial charge on any atom is -0.489 e. The molecule has 0 bridgehead atoms. The van der Waals surface area contributed by atoms with Gasteiger partial charge in [-0.2, -0.15) is 0 Å². The van der Waals surface area contributed by atoms with Gasteiger partial charge in [0.15, 0.2) is 0 Å². The van der Waals surface area contributed by atoms with Crippen molar-refractivity contribution >= 4 is 11.7 Å². The summed E-state index contributed by atoms with van der Waals surface area (Å²) in [6.07, 6.45) is 3.51. The van der Waals surface area contributed by atoms with E-state index in [-0.39, 0.29) is 12.1 Å².